The van der Waals surface area contributed by atoms with Gasteiger partial charge >= 0.3 is 0 Å². The summed E-state index contributed by atoms with van der Waals surface area (Å²) in [5, 5.41) is 4.94. The van der Waals surface area contributed by atoms with Crippen LogP contribution in [0.1, 0.15) is 40.4 Å². The van der Waals surface area contributed by atoms with Crippen LogP contribution in [0.25, 0.3) is 16.1 Å². The van der Waals surface area contributed by atoms with Gasteiger partial charge in [0.2, 0.25) is 0 Å². The van der Waals surface area contributed by atoms with E-state index in [1.165, 1.54) is 11.3 Å². The molecule has 1 atom stereocenters. The normalized spacial score (nSPS) is 12.2. The quantitative estimate of drug-likeness (QED) is 0.427. The fourth-order valence-electron chi connectivity index (χ4n) is 4.15. The SMILES string of the molecule is Cc1nc2sccn2c1C(=O)NCC(C(C)C)N(C)C(=O)c1ccccc1-c1ccccc1. The summed E-state index contributed by atoms with van der Waals surface area (Å²) < 4.78 is 1.81. The molecule has 0 fully saturated rings. The highest BCUT2D eigenvalue weighted by atomic mass is 32.1. The summed E-state index contributed by atoms with van der Waals surface area (Å²) in [6.07, 6.45) is 1.85. The zero-order valence-electron chi connectivity index (χ0n) is 19.3. The predicted octanol–water partition coefficient (Wildman–Crippen LogP) is 4.90. The molecule has 0 radical (unpaired) electrons. The van der Waals surface area contributed by atoms with Gasteiger partial charge in [-0.3, -0.25) is 14.0 Å². The van der Waals surface area contributed by atoms with Crippen LogP contribution in [0.15, 0.2) is 66.2 Å². The minimum Gasteiger partial charge on any atom is -0.349 e. The molecule has 0 saturated carbocycles. The van der Waals surface area contributed by atoms with Gasteiger partial charge in [0.05, 0.1) is 11.7 Å². The standard InChI is InChI=1S/C26H28N4O2S/c1-17(2)22(16-27-24(31)23-18(3)28-26-30(23)14-15-33-26)29(4)25(32)21-13-9-8-12-20(21)19-10-6-5-7-11-19/h5-15,17,22H,16H2,1-4H3,(H,27,31). The molecule has 0 aliphatic rings. The van der Waals surface area contributed by atoms with Gasteiger partial charge in [-0.2, -0.15) is 0 Å². The molecule has 6 nitrogen and oxygen atoms in total. The molecule has 0 aliphatic carbocycles. The number of imidazole rings is 1. The molecule has 7 heteroatoms. The average Bonchev–Trinajstić information content (AvgIpc) is 3.38. The largest absolute Gasteiger partial charge is 0.349 e. The number of fused-ring (bicyclic) bond motifs is 1. The Hall–Kier alpha value is -3.45. The van der Waals surface area contributed by atoms with E-state index in [1.54, 1.807) is 4.90 Å². The molecule has 4 rings (SSSR count). The van der Waals surface area contributed by atoms with Crippen molar-refractivity contribution in [2.45, 2.75) is 26.8 Å². The number of amides is 2. The highest BCUT2D eigenvalue weighted by Crippen LogP contribution is 2.25. The van der Waals surface area contributed by atoms with Crippen LogP contribution in [0.5, 0.6) is 0 Å². The molecular weight excluding hydrogens is 432 g/mol. The number of nitrogens with one attached hydrogen (secondary N) is 1. The summed E-state index contributed by atoms with van der Waals surface area (Å²) in [6.45, 7) is 6.31. The van der Waals surface area contributed by atoms with Crippen LogP contribution in [0.2, 0.25) is 0 Å². The van der Waals surface area contributed by atoms with E-state index in [0.717, 1.165) is 16.1 Å². The van der Waals surface area contributed by atoms with Gasteiger partial charge < -0.3 is 10.2 Å². The first kappa shape index (κ1) is 22.7. The number of carbonyl (C=O) groups excluding carboxylic acids is 2. The number of carbonyl (C=O) groups is 2. The molecule has 33 heavy (non-hydrogen) atoms. The second-order valence-corrected chi connectivity index (χ2v) is 9.32. The lowest BCUT2D eigenvalue weighted by Gasteiger charge is -2.32. The highest BCUT2D eigenvalue weighted by Gasteiger charge is 2.27. The summed E-state index contributed by atoms with van der Waals surface area (Å²) in [5.41, 5.74) is 3.78. The van der Waals surface area contributed by atoms with Crippen molar-refractivity contribution < 1.29 is 9.59 Å². The summed E-state index contributed by atoms with van der Waals surface area (Å²) in [7, 11) is 1.81. The maximum atomic E-state index is 13.6. The van der Waals surface area contributed by atoms with Crippen LogP contribution in [0.4, 0.5) is 0 Å². The number of aromatic nitrogens is 2. The van der Waals surface area contributed by atoms with Crippen molar-refractivity contribution >= 4 is 28.1 Å². The van der Waals surface area contributed by atoms with Gasteiger partial charge in [-0.1, -0.05) is 62.4 Å². The van der Waals surface area contributed by atoms with E-state index in [1.807, 2.05) is 84.5 Å². The third-order valence-electron chi connectivity index (χ3n) is 5.95. The van der Waals surface area contributed by atoms with Gasteiger partial charge in [-0.15, -0.1) is 11.3 Å². The Morgan fingerprint density at radius 2 is 1.79 bits per heavy atom. The fourth-order valence-corrected chi connectivity index (χ4v) is 4.91. The van der Waals surface area contributed by atoms with Crippen molar-refractivity contribution in [1.82, 2.24) is 19.6 Å². The zero-order chi connectivity index (χ0) is 23.5. The van der Waals surface area contributed by atoms with Gasteiger partial charge in [-0.05, 0) is 30.0 Å². The third-order valence-corrected chi connectivity index (χ3v) is 6.71. The molecular formula is C26H28N4O2S. The molecule has 2 aromatic heterocycles. The first-order valence-electron chi connectivity index (χ1n) is 11.0. The number of rotatable bonds is 7. The second kappa shape index (κ2) is 9.58. The lowest BCUT2D eigenvalue weighted by Crippen LogP contribution is -2.48. The molecule has 0 spiro atoms. The van der Waals surface area contributed by atoms with Crippen LogP contribution >= 0.6 is 11.3 Å². The maximum absolute atomic E-state index is 13.6. The van der Waals surface area contributed by atoms with Crippen LogP contribution in [0.3, 0.4) is 0 Å². The fraction of sp³-hybridized carbons (Fsp3) is 0.269. The molecule has 1 N–H and O–H groups in total. The van der Waals surface area contributed by atoms with Crippen molar-refractivity contribution in [2.75, 3.05) is 13.6 Å². The summed E-state index contributed by atoms with van der Waals surface area (Å²) in [6, 6.07) is 17.4. The first-order valence-corrected chi connectivity index (χ1v) is 11.9. The van der Waals surface area contributed by atoms with Gasteiger partial charge in [-0.25, -0.2) is 4.98 Å². The van der Waals surface area contributed by atoms with Crippen molar-refractivity contribution in [1.29, 1.82) is 0 Å². The van der Waals surface area contributed by atoms with Crippen molar-refractivity contribution in [2.24, 2.45) is 5.92 Å². The topological polar surface area (TPSA) is 66.7 Å². The molecule has 2 amide bonds. The van der Waals surface area contributed by atoms with Crippen molar-refractivity contribution in [3.05, 3.63) is 83.1 Å². The molecule has 0 aliphatic heterocycles. The molecule has 0 saturated heterocycles. The van der Waals surface area contributed by atoms with E-state index in [-0.39, 0.29) is 23.8 Å². The van der Waals surface area contributed by atoms with E-state index in [9.17, 15) is 9.59 Å². The Kier molecular flexibility index (Phi) is 6.60. The van der Waals surface area contributed by atoms with E-state index >= 15 is 0 Å². The molecule has 2 heterocycles. The first-order chi connectivity index (χ1) is 15.9. The predicted molar refractivity (Wildman–Crippen MR) is 133 cm³/mol. The van der Waals surface area contributed by atoms with E-state index < -0.39 is 0 Å². The minimum atomic E-state index is -0.186. The Labute approximate surface area is 197 Å². The smallest absolute Gasteiger partial charge is 0.270 e. The van der Waals surface area contributed by atoms with Gasteiger partial charge in [0.25, 0.3) is 11.8 Å². The Morgan fingerprint density at radius 1 is 1.09 bits per heavy atom. The second-order valence-electron chi connectivity index (χ2n) is 8.45. The summed E-state index contributed by atoms with van der Waals surface area (Å²) in [4.78, 5) is 33.5. The molecule has 4 aromatic rings. The van der Waals surface area contributed by atoms with Crippen LogP contribution in [-0.4, -0.2) is 45.7 Å². The van der Waals surface area contributed by atoms with E-state index in [4.69, 9.17) is 0 Å². The molecule has 2 aromatic carbocycles. The summed E-state index contributed by atoms with van der Waals surface area (Å²) in [5.74, 6) is -0.103. The lowest BCUT2D eigenvalue weighted by atomic mass is 9.97. The third kappa shape index (κ3) is 4.54. The van der Waals surface area contributed by atoms with Gasteiger partial charge in [0, 0.05) is 30.7 Å². The van der Waals surface area contributed by atoms with Crippen LogP contribution in [-0.2, 0) is 0 Å². The highest BCUT2D eigenvalue weighted by molar-refractivity contribution is 7.15. The monoisotopic (exact) mass is 460 g/mol. The van der Waals surface area contributed by atoms with E-state index in [0.29, 0.717) is 23.5 Å². The number of nitrogens with zero attached hydrogens (tertiary/aromatic N) is 3. The zero-order valence-corrected chi connectivity index (χ0v) is 20.1. The number of thiazole rings is 1. The van der Waals surface area contributed by atoms with Crippen molar-refractivity contribution in [3.8, 4) is 11.1 Å². The minimum absolute atomic E-state index is 0.0665. The number of hydrogen-bond acceptors (Lipinski definition) is 4. The molecule has 170 valence electrons. The average molecular weight is 461 g/mol. The Bertz CT molecular complexity index is 1280. The number of likely N-dealkylation sites (N-methyl/N-ethyl adjacent to an activating group) is 1. The number of aryl methyl sites for hydroxylation is 1. The summed E-state index contributed by atoms with van der Waals surface area (Å²) >= 11 is 1.49. The van der Waals surface area contributed by atoms with Gasteiger partial charge in [0.15, 0.2) is 4.96 Å². The van der Waals surface area contributed by atoms with Crippen LogP contribution in [0, 0.1) is 12.8 Å². The number of hydrogen-bond donors (Lipinski definition) is 1. The van der Waals surface area contributed by atoms with Crippen LogP contribution < -0.4 is 5.32 Å². The van der Waals surface area contributed by atoms with E-state index in [2.05, 4.69) is 24.1 Å². The Balaban J connectivity index is 1.54. The number of benzene rings is 2. The molecule has 0 bridgehead atoms. The Morgan fingerprint density at radius 3 is 2.52 bits per heavy atom. The van der Waals surface area contributed by atoms with Crippen molar-refractivity contribution in [3.63, 3.8) is 0 Å². The lowest BCUT2D eigenvalue weighted by molar-refractivity contribution is 0.0675. The molecule has 1 unspecified atom stereocenters. The maximum Gasteiger partial charge on any atom is 0.270 e. The van der Waals surface area contributed by atoms with Gasteiger partial charge in [0.1, 0.15) is 5.69 Å².